The molecule has 0 aromatic heterocycles. The predicted octanol–water partition coefficient (Wildman–Crippen LogP) is 2.57. The fourth-order valence-corrected chi connectivity index (χ4v) is 1.30. The molecule has 0 unspecified atom stereocenters. The molecule has 53 valence electrons. The number of halogens is 1. The second-order valence-electron chi connectivity index (χ2n) is 2.05. The first-order chi connectivity index (χ1) is 4.72. The van der Waals surface area contributed by atoms with E-state index in [1.807, 2.05) is 19.1 Å². The highest BCUT2D eigenvalue weighted by molar-refractivity contribution is 9.10. The summed E-state index contributed by atoms with van der Waals surface area (Å²) in [4.78, 5) is 0. The first-order valence-corrected chi connectivity index (χ1v) is 3.75. The molecule has 1 rings (SSSR count). The van der Waals surface area contributed by atoms with Gasteiger partial charge in [-0.15, -0.1) is 0 Å². The van der Waals surface area contributed by atoms with Crippen LogP contribution in [0.25, 0.3) is 0 Å². The Morgan fingerprint density at radius 3 is 2.70 bits per heavy atom. The molecule has 0 aliphatic rings. The van der Waals surface area contributed by atoms with Crippen LogP contribution in [0.5, 0.6) is 5.75 Å². The normalized spacial score (nSPS) is 9.50. The zero-order valence-corrected chi connectivity index (χ0v) is 7.53. The van der Waals surface area contributed by atoms with E-state index in [4.69, 9.17) is 4.74 Å². The van der Waals surface area contributed by atoms with Gasteiger partial charge < -0.3 is 4.74 Å². The predicted molar refractivity (Wildman–Crippen MR) is 44.3 cm³/mol. The Morgan fingerprint density at radius 1 is 1.50 bits per heavy atom. The molecule has 0 aliphatic heterocycles. The van der Waals surface area contributed by atoms with Crippen LogP contribution >= 0.6 is 15.9 Å². The molecular formula is C8H8BrO. The second kappa shape index (κ2) is 3.06. The average molecular weight is 200 g/mol. The van der Waals surface area contributed by atoms with Gasteiger partial charge in [0, 0.05) is 10.5 Å². The van der Waals surface area contributed by atoms with Crippen molar-refractivity contribution in [2.75, 3.05) is 7.11 Å². The van der Waals surface area contributed by atoms with Crippen LogP contribution in [0, 0.1) is 13.0 Å². The van der Waals surface area contributed by atoms with E-state index in [0.717, 1.165) is 15.8 Å². The van der Waals surface area contributed by atoms with Crippen LogP contribution < -0.4 is 4.74 Å². The van der Waals surface area contributed by atoms with Crippen LogP contribution in [0.4, 0.5) is 0 Å². The number of ether oxygens (including phenoxy) is 1. The minimum atomic E-state index is 0.770. The van der Waals surface area contributed by atoms with Gasteiger partial charge in [-0.2, -0.15) is 0 Å². The lowest BCUT2D eigenvalue weighted by atomic mass is 10.2. The second-order valence-corrected chi connectivity index (χ2v) is 2.97. The third-order valence-corrected chi connectivity index (χ3v) is 1.62. The Kier molecular flexibility index (Phi) is 2.33. The van der Waals surface area contributed by atoms with Crippen LogP contribution in [0.15, 0.2) is 16.6 Å². The van der Waals surface area contributed by atoms with Crippen LogP contribution in [0.3, 0.4) is 0 Å². The van der Waals surface area contributed by atoms with E-state index in [1.54, 1.807) is 7.11 Å². The van der Waals surface area contributed by atoms with Crippen molar-refractivity contribution < 1.29 is 4.74 Å². The van der Waals surface area contributed by atoms with Gasteiger partial charge in [-0.05, 0) is 24.6 Å². The highest BCUT2D eigenvalue weighted by atomic mass is 79.9. The molecular weight excluding hydrogens is 192 g/mol. The molecule has 0 aliphatic carbocycles. The Hall–Kier alpha value is -0.500. The summed E-state index contributed by atoms with van der Waals surface area (Å²) in [5.41, 5.74) is 1.08. The molecule has 0 bridgehead atoms. The molecule has 0 amide bonds. The van der Waals surface area contributed by atoms with Crippen LogP contribution in [-0.4, -0.2) is 7.11 Å². The summed E-state index contributed by atoms with van der Waals surface area (Å²) in [6.07, 6.45) is 0. The van der Waals surface area contributed by atoms with Crippen molar-refractivity contribution in [2.24, 2.45) is 0 Å². The quantitative estimate of drug-likeness (QED) is 0.676. The smallest absolute Gasteiger partial charge is 0.128 e. The molecule has 0 fully saturated rings. The molecule has 1 aromatic carbocycles. The Morgan fingerprint density at radius 2 is 2.20 bits per heavy atom. The van der Waals surface area contributed by atoms with Gasteiger partial charge in [0.2, 0.25) is 0 Å². The number of aryl methyl sites for hydroxylation is 1. The Labute approximate surface area is 69.1 Å². The van der Waals surface area contributed by atoms with E-state index < -0.39 is 0 Å². The Bertz CT molecular complexity index is 212. The molecule has 0 heterocycles. The standard InChI is InChI=1S/C8H8BrO/c1-6-3-7(9)5-8(4-6)10-2/h3,5H,1-2H3. The van der Waals surface area contributed by atoms with E-state index in [-0.39, 0.29) is 0 Å². The molecule has 0 saturated heterocycles. The molecule has 0 saturated carbocycles. The highest BCUT2D eigenvalue weighted by Crippen LogP contribution is 2.19. The minimum absolute atomic E-state index is 0.770. The van der Waals surface area contributed by atoms with Gasteiger partial charge in [0.05, 0.1) is 7.11 Å². The van der Waals surface area contributed by atoms with E-state index >= 15 is 0 Å². The zero-order valence-electron chi connectivity index (χ0n) is 5.94. The summed E-state index contributed by atoms with van der Waals surface area (Å²) in [6, 6.07) is 6.92. The van der Waals surface area contributed by atoms with Gasteiger partial charge in [-0.3, -0.25) is 0 Å². The van der Waals surface area contributed by atoms with Crippen molar-refractivity contribution in [1.29, 1.82) is 0 Å². The van der Waals surface area contributed by atoms with Crippen LogP contribution in [-0.2, 0) is 0 Å². The fourth-order valence-electron chi connectivity index (χ4n) is 0.750. The van der Waals surface area contributed by atoms with Crippen molar-refractivity contribution >= 4 is 15.9 Å². The number of benzene rings is 1. The van der Waals surface area contributed by atoms with Gasteiger partial charge in [-0.1, -0.05) is 15.9 Å². The number of methoxy groups -OCH3 is 1. The first-order valence-electron chi connectivity index (χ1n) is 2.96. The van der Waals surface area contributed by atoms with Gasteiger partial charge in [0.1, 0.15) is 5.75 Å². The summed E-state index contributed by atoms with van der Waals surface area (Å²) < 4.78 is 6.02. The molecule has 0 N–H and O–H groups in total. The lowest BCUT2D eigenvalue weighted by molar-refractivity contribution is 0.413. The lowest BCUT2D eigenvalue weighted by Gasteiger charge is -2.00. The van der Waals surface area contributed by atoms with E-state index in [0.29, 0.717) is 0 Å². The number of rotatable bonds is 1. The minimum Gasteiger partial charge on any atom is -0.496 e. The van der Waals surface area contributed by atoms with Crippen molar-refractivity contribution in [3.05, 3.63) is 28.2 Å². The van der Waals surface area contributed by atoms with Crippen molar-refractivity contribution in [3.8, 4) is 5.75 Å². The molecule has 0 atom stereocenters. The Balaban J connectivity index is 3.06. The summed E-state index contributed by atoms with van der Waals surface area (Å²) >= 11 is 3.35. The third-order valence-electron chi connectivity index (χ3n) is 1.16. The summed E-state index contributed by atoms with van der Waals surface area (Å²) in [5, 5.41) is 0. The summed E-state index contributed by atoms with van der Waals surface area (Å²) in [7, 11) is 1.64. The van der Waals surface area contributed by atoms with E-state index in [2.05, 4.69) is 22.0 Å². The SMILES string of the molecule is COc1[c]c(C)cc(Br)c1. The number of hydrogen-bond donors (Lipinski definition) is 0. The molecule has 0 spiro atoms. The molecule has 1 radical (unpaired) electrons. The maximum absolute atomic E-state index is 4.99. The van der Waals surface area contributed by atoms with Gasteiger partial charge in [0.25, 0.3) is 0 Å². The molecule has 1 aromatic rings. The van der Waals surface area contributed by atoms with Crippen LogP contribution in [0.2, 0.25) is 0 Å². The largest absolute Gasteiger partial charge is 0.496 e. The van der Waals surface area contributed by atoms with Crippen molar-refractivity contribution in [3.63, 3.8) is 0 Å². The molecule has 1 nitrogen and oxygen atoms in total. The topological polar surface area (TPSA) is 9.23 Å². The number of hydrogen-bond acceptors (Lipinski definition) is 1. The van der Waals surface area contributed by atoms with Crippen LogP contribution in [0.1, 0.15) is 5.56 Å². The van der Waals surface area contributed by atoms with E-state index in [1.165, 1.54) is 0 Å². The van der Waals surface area contributed by atoms with E-state index in [9.17, 15) is 0 Å². The average Bonchev–Trinajstić information content (AvgIpc) is 1.85. The highest BCUT2D eigenvalue weighted by Gasteiger charge is 1.94. The zero-order chi connectivity index (χ0) is 7.56. The van der Waals surface area contributed by atoms with Gasteiger partial charge in [0.15, 0.2) is 0 Å². The summed E-state index contributed by atoms with van der Waals surface area (Å²) in [5.74, 6) is 0.770. The lowest BCUT2D eigenvalue weighted by Crippen LogP contribution is -1.83. The summed E-state index contributed by atoms with van der Waals surface area (Å²) in [6.45, 7) is 1.98. The fraction of sp³-hybridized carbons (Fsp3) is 0.250. The molecule has 10 heavy (non-hydrogen) atoms. The maximum atomic E-state index is 4.99. The van der Waals surface area contributed by atoms with Gasteiger partial charge >= 0.3 is 0 Å². The third kappa shape index (κ3) is 1.74. The first kappa shape index (κ1) is 7.61. The monoisotopic (exact) mass is 199 g/mol. The van der Waals surface area contributed by atoms with Crippen molar-refractivity contribution in [1.82, 2.24) is 0 Å². The molecule has 2 heteroatoms. The van der Waals surface area contributed by atoms with Crippen molar-refractivity contribution in [2.45, 2.75) is 6.92 Å². The van der Waals surface area contributed by atoms with Gasteiger partial charge in [-0.25, -0.2) is 0 Å². The maximum Gasteiger partial charge on any atom is 0.128 e.